The standard InChI is InChI=1S/C15H17IN4O.ClH/c16-12-3-1-10(2-4-12)13-9-14(20-19-13)18-15(21)11-5-7-17-8-6-11;/h1-4,9,11,17H,5-8H2,(H2,18,19,20,21);1H. The highest BCUT2D eigenvalue weighted by molar-refractivity contribution is 14.1. The summed E-state index contributed by atoms with van der Waals surface area (Å²) in [5, 5.41) is 13.3. The molecule has 3 N–H and O–H groups in total. The second kappa shape index (κ2) is 7.94. The Labute approximate surface area is 149 Å². The number of piperidine rings is 1. The van der Waals surface area contributed by atoms with E-state index in [0.29, 0.717) is 5.82 Å². The first-order chi connectivity index (χ1) is 10.2. The van der Waals surface area contributed by atoms with Gasteiger partial charge in [-0.1, -0.05) is 12.1 Å². The predicted molar refractivity (Wildman–Crippen MR) is 98.2 cm³/mol. The third kappa shape index (κ3) is 4.21. The minimum absolute atomic E-state index is 0. The summed E-state index contributed by atoms with van der Waals surface area (Å²) in [4.78, 5) is 12.2. The van der Waals surface area contributed by atoms with Gasteiger partial charge in [0.15, 0.2) is 5.82 Å². The van der Waals surface area contributed by atoms with Crippen molar-refractivity contribution < 1.29 is 4.79 Å². The van der Waals surface area contributed by atoms with Gasteiger partial charge in [-0.05, 0) is 66.2 Å². The number of carbonyl (C=O) groups is 1. The number of anilines is 1. The lowest BCUT2D eigenvalue weighted by Crippen LogP contribution is -2.34. The normalized spacial score (nSPS) is 15.1. The number of halogens is 2. The Kier molecular flexibility index (Phi) is 6.22. The van der Waals surface area contributed by atoms with E-state index < -0.39 is 0 Å². The Morgan fingerprint density at radius 3 is 2.59 bits per heavy atom. The smallest absolute Gasteiger partial charge is 0.228 e. The number of nitrogens with one attached hydrogen (secondary N) is 3. The summed E-state index contributed by atoms with van der Waals surface area (Å²) < 4.78 is 1.19. The van der Waals surface area contributed by atoms with Crippen LogP contribution in [-0.4, -0.2) is 29.2 Å². The van der Waals surface area contributed by atoms with Gasteiger partial charge in [0.2, 0.25) is 5.91 Å². The molecule has 2 aromatic rings. The molecule has 22 heavy (non-hydrogen) atoms. The molecule has 0 saturated carbocycles. The van der Waals surface area contributed by atoms with E-state index in [4.69, 9.17) is 0 Å². The van der Waals surface area contributed by atoms with E-state index in [9.17, 15) is 4.79 Å². The quantitative estimate of drug-likeness (QED) is 0.653. The van der Waals surface area contributed by atoms with Gasteiger partial charge in [0.05, 0.1) is 5.69 Å². The van der Waals surface area contributed by atoms with Crippen LogP contribution in [0.5, 0.6) is 0 Å². The number of amides is 1. The molecule has 1 aromatic heterocycles. The first-order valence-corrected chi connectivity index (χ1v) is 8.13. The second-order valence-electron chi connectivity index (χ2n) is 5.19. The van der Waals surface area contributed by atoms with Crippen LogP contribution < -0.4 is 10.6 Å². The topological polar surface area (TPSA) is 69.8 Å². The van der Waals surface area contributed by atoms with E-state index >= 15 is 0 Å². The molecule has 1 aromatic carbocycles. The third-order valence-corrected chi connectivity index (χ3v) is 4.41. The van der Waals surface area contributed by atoms with Gasteiger partial charge in [0.1, 0.15) is 0 Å². The Morgan fingerprint density at radius 1 is 1.23 bits per heavy atom. The van der Waals surface area contributed by atoms with Gasteiger partial charge in [0, 0.05) is 15.6 Å². The Bertz CT molecular complexity index is 623. The number of aromatic amines is 1. The van der Waals surface area contributed by atoms with Crippen molar-refractivity contribution in [3.63, 3.8) is 0 Å². The van der Waals surface area contributed by atoms with E-state index in [2.05, 4.69) is 43.4 Å². The Morgan fingerprint density at radius 2 is 1.91 bits per heavy atom. The zero-order valence-corrected chi connectivity index (χ0v) is 14.9. The summed E-state index contributed by atoms with van der Waals surface area (Å²) in [6.07, 6.45) is 1.78. The van der Waals surface area contributed by atoms with Gasteiger partial charge in [-0.3, -0.25) is 9.89 Å². The van der Waals surface area contributed by atoms with Crippen molar-refractivity contribution in [3.8, 4) is 11.3 Å². The lowest BCUT2D eigenvalue weighted by molar-refractivity contribution is -0.120. The van der Waals surface area contributed by atoms with Crippen molar-refractivity contribution >= 4 is 46.7 Å². The fourth-order valence-electron chi connectivity index (χ4n) is 2.48. The van der Waals surface area contributed by atoms with E-state index in [1.807, 2.05) is 30.3 Å². The van der Waals surface area contributed by atoms with Crippen LogP contribution in [0.15, 0.2) is 30.3 Å². The van der Waals surface area contributed by atoms with Crippen molar-refractivity contribution in [1.29, 1.82) is 0 Å². The molecule has 1 amide bonds. The molecule has 7 heteroatoms. The number of carbonyl (C=O) groups excluding carboxylic acids is 1. The SMILES string of the molecule is Cl.O=C(Nc1cc(-c2ccc(I)cc2)[nH]n1)C1CCNCC1. The average molecular weight is 433 g/mol. The van der Waals surface area contributed by atoms with Crippen molar-refractivity contribution in [1.82, 2.24) is 15.5 Å². The van der Waals surface area contributed by atoms with E-state index in [-0.39, 0.29) is 24.2 Å². The molecule has 1 saturated heterocycles. The van der Waals surface area contributed by atoms with Crippen molar-refractivity contribution in [2.45, 2.75) is 12.8 Å². The van der Waals surface area contributed by atoms with E-state index in [1.165, 1.54) is 3.57 Å². The molecule has 3 rings (SSSR count). The van der Waals surface area contributed by atoms with Crippen LogP contribution >= 0.6 is 35.0 Å². The zero-order valence-electron chi connectivity index (χ0n) is 11.9. The highest BCUT2D eigenvalue weighted by Crippen LogP contribution is 2.21. The molecule has 118 valence electrons. The fraction of sp³-hybridized carbons (Fsp3) is 0.333. The van der Waals surface area contributed by atoms with Crippen molar-refractivity contribution in [3.05, 3.63) is 33.9 Å². The molecule has 1 aliphatic rings. The summed E-state index contributed by atoms with van der Waals surface area (Å²) in [6, 6.07) is 10.0. The molecule has 1 aliphatic heterocycles. The molecule has 0 atom stereocenters. The Balaban J connectivity index is 0.00000176. The number of hydrogen-bond donors (Lipinski definition) is 3. The van der Waals surface area contributed by atoms with Gasteiger partial charge in [-0.25, -0.2) is 0 Å². The van der Waals surface area contributed by atoms with Crippen LogP contribution in [0.3, 0.4) is 0 Å². The number of rotatable bonds is 3. The summed E-state index contributed by atoms with van der Waals surface area (Å²) >= 11 is 2.27. The third-order valence-electron chi connectivity index (χ3n) is 3.69. The summed E-state index contributed by atoms with van der Waals surface area (Å²) in [5.41, 5.74) is 1.97. The lowest BCUT2D eigenvalue weighted by atomic mass is 9.97. The molecule has 0 unspecified atom stereocenters. The van der Waals surface area contributed by atoms with Gasteiger partial charge in [-0.15, -0.1) is 12.4 Å². The second-order valence-corrected chi connectivity index (χ2v) is 6.43. The average Bonchev–Trinajstić information content (AvgIpc) is 2.97. The molecular weight excluding hydrogens is 415 g/mol. The Hall–Kier alpha value is -1.12. The number of aromatic nitrogens is 2. The van der Waals surface area contributed by atoms with Crippen LogP contribution in [0.1, 0.15) is 12.8 Å². The number of H-pyrrole nitrogens is 1. The van der Waals surface area contributed by atoms with E-state index in [0.717, 1.165) is 37.2 Å². The number of nitrogens with zero attached hydrogens (tertiary/aromatic N) is 1. The van der Waals surface area contributed by atoms with Gasteiger partial charge in [-0.2, -0.15) is 5.10 Å². The maximum atomic E-state index is 12.2. The zero-order chi connectivity index (χ0) is 14.7. The highest BCUT2D eigenvalue weighted by Gasteiger charge is 2.21. The van der Waals surface area contributed by atoms with Crippen molar-refractivity contribution in [2.24, 2.45) is 5.92 Å². The lowest BCUT2D eigenvalue weighted by Gasteiger charge is -2.21. The maximum absolute atomic E-state index is 12.2. The first-order valence-electron chi connectivity index (χ1n) is 7.05. The minimum atomic E-state index is 0. The summed E-state index contributed by atoms with van der Waals surface area (Å²) in [5.74, 6) is 0.744. The van der Waals surface area contributed by atoms with Crippen LogP contribution in [0.2, 0.25) is 0 Å². The first kappa shape index (κ1) is 17.2. The highest BCUT2D eigenvalue weighted by atomic mass is 127. The maximum Gasteiger partial charge on any atom is 0.228 e. The largest absolute Gasteiger partial charge is 0.317 e. The van der Waals surface area contributed by atoms with Gasteiger partial charge < -0.3 is 10.6 Å². The van der Waals surface area contributed by atoms with Crippen molar-refractivity contribution in [2.75, 3.05) is 18.4 Å². The molecule has 2 heterocycles. The van der Waals surface area contributed by atoms with Gasteiger partial charge >= 0.3 is 0 Å². The molecule has 0 aliphatic carbocycles. The number of benzene rings is 1. The molecule has 1 fully saturated rings. The summed E-state index contributed by atoms with van der Waals surface area (Å²) in [6.45, 7) is 1.82. The molecule has 5 nitrogen and oxygen atoms in total. The molecule has 0 radical (unpaired) electrons. The van der Waals surface area contributed by atoms with Crippen LogP contribution in [0, 0.1) is 9.49 Å². The van der Waals surface area contributed by atoms with Crippen LogP contribution in [0.4, 0.5) is 5.82 Å². The van der Waals surface area contributed by atoms with Gasteiger partial charge in [0.25, 0.3) is 0 Å². The molecule has 0 spiro atoms. The predicted octanol–water partition coefficient (Wildman–Crippen LogP) is 3.04. The molecule has 0 bridgehead atoms. The summed E-state index contributed by atoms with van der Waals surface area (Å²) in [7, 11) is 0. The number of hydrogen-bond acceptors (Lipinski definition) is 3. The van der Waals surface area contributed by atoms with Crippen LogP contribution in [0.25, 0.3) is 11.3 Å². The monoisotopic (exact) mass is 432 g/mol. The van der Waals surface area contributed by atoms with Crippen LogP contribution in [-0.2, 0) is 4.79 Å². The minimum Gasteiger partial charge on any atom is -0.317 e. The molecular formula is C15H18ClIN4O. The fourth-order valence-corrected chi connectivity index (χ4v) is 2.84. The van der Waals surface area contributed by atoms with E-state index in [1.54, 1.807) is 0 Å².